The summed E-state index contributed by atoms with van der Waals surface area (Å²) in [5, 5.41) is 14.6. The second kappa shape index (κ2) is 12.2. The number of rotatable bonds is 10. The molecule has 0 amide bonds. The van der Waals surface area contributed by atoms with Gasteiger partial charge in [0.2, 0.25) is 6.29 Å². The summed E-state index contributed by atoms with van der Waals surface area (Å²) in [5.74, 6) is 0.0697. The Labute approximate surface area is 213 Å². The fraction of sp³-hybridized carbons (Fsp3) is 0.519. The summed E-state index contributed by atoms with van der Waals surface area (Å²) in [6.07, 6.45) is 1.35. The maximum absolute atomic E-state index is 13.4. The quantitative estimate of drug-likeness (QED) is 0.304. The van der Waals surface area contributed by atoms with Gasteiger partial charge in [-0.3, -0.25) is 0 Å². The molecule has 37 heavy (non-hydrogen) atoms. The molecule has 1 unspecified atom stereocenters. The van der Waals surface area contributed by atoms with Gasteiger partial charge in [0, 0.05) is 36.0 Å². The van der Waals surface area contributed by atoms with E-state index in [2.05, 4.69) is 10.1 Å². The Balaban J connectivity index is 1.14. The summed E-state index contributed by atoms with van der Waals surface area (Å²) < 4.78 is 69.5. The molecule has 3 heterocycles. The largest absolute Gasteiger partial charge is 0.465 e. The van der Waals surface area contributed by atoms with E-state index in [1.54, 1.807) is 19.1 Å². The molecule has 4 rings (SSSR count). The van der Waals surface area contributed by atoms with Gasteiger partial charge in [-0.05, 0) is 63.5 Å². The van der Waals surface area contributed by atoms with Crippen LogP contribution < -0.4 is 0 Å². The van der Waals surface area contributed by atoms with E-state index < -0.39 is 18.0 Å². The fourth-order valence-electron chi connectivity index (χ4n) is 4.84. The van der Waals surface area contributed by atoms with E-state index in [0.717, 1.165) is 56.4 Å². The normalized spacial score (nSPS) is 20.2. The molecule has 2 aromatic rings. The van der Waals surface area contributed by atoms with Gasteiger partial charge in [-0.1, -0.05) is 24.2 Å². The predicted octanol–water partition coefficient (Wildman–Crippen LogP) is 6.00. The number of alkyl halides is 3. The van der Waals surface area contributed by atoms with Gasteiger partial charge in [-0.25, -0.2) is 4.39 Å². The average Bonchev–Trinajstić information content (AvgIpc) is 3.28. The average molecular weight is 525 g/mol. The van der Waals surface area contributed by atoms with Crippen molar-refractivity contribution >= 4 is 11.0 Å². The number of benzene rings is 1. The minimum absolute atomic E-state index is 0.0712. The van der Waals surface area contributed by atoms with Gasteiger partial charge in [0.1, 0.15) is 11.6 Å². The Hall–Kier alpha value is -2.69. The summed E-state index contributed by atoms with van der Waals surface area (Å²) in [4.78, 5) is 2.40. The summed E-state index contributed by atoms with van der Waals surface area (Å²) in [7, 11) is 0. The van der Waals surface area contributed by atoms with E-state index in [9.17, 15) is 22.7 Å². The fourth-order valence-corrected chi connectivity index (χ4v) is 4.84. The van der Waals surface area contributed by atoms with Crippen LogP contribution in [0, 0.1) is 5.82 Å². The number of aliphatic hydroxyl groups is 1. The number of hydrogen-bond acceptors (Lipinski definition) is 6. The van der Waals surface area contributed by atoms with Crippen LogP contribution in [0.25, 0.3) is 11.0 Å². The third kappa shape index (κ3) is 7.00. The number of likely N-dealkylation sites (tertiary alicyclic amines) is 1. The van der Waals surface area contributed by atoms with Crippen LogP contribution in [0.1, 0.15) is 50.6 Å². The van der Waals surface area contributed by atoms with Crippen LogP contribution >= 0.6 is 0 Å². The Morgan fingerprint density at radius 2 is 2.00 bits per heavy atom. The predicted molar refractivity (Wildman–Crippen MR) is 130 cm³/mol. The lowest BCUT2D eigenvalue weighted by Crippen LogP contribution is -2.33. The number of aliphatic hydroxyl groups excluding tert-OH is 1. The zero-order chi connectivity index (χ0) is 26.4. The molecule has 1 fully saturated rings. The van der Waals surface area contributed by atoms with E-state index in [0.29, 0.717) is 24.2 Å². The van der Waals surface area contributed by atoms with Crippen molar-refractivity contribution in [1.29, 1.82) is 0 Å². The van der Waals surface area contributed by atoms with Gasteiger partial charge in [0.15, 0.2) is 5.58 Å². The molecule has 0 aliphatic carbocycles. The molecule has 1 aromatic carbocycles. The number of hydrogen-bond donors (Lipinski definition) is 1. The van der Waals surface area contributed by atoms with Crippen molar-refractivity contribution in [1.82, 2.24) is 10.1 Å². The number of fused-ring (bicyclic) bond motifs is 1. The van der Waals surface area contributed by atoms with Crippen molar-refractivity contribution in [2.24, 2.45) is 0 Å². The first-order valence-electron chi connectivity index (χ1n) is 12.6. The molecule has 0 saturated carbocycles. The van der Waals surface area contributed by atoms with Crippen LogP contribution in [-0.2, 0) is 9.47 Å². The molecule has 6 nitrogen and oxygen atoms in total. The van der Waals surface area contributed by atoms with E-state index in [1.807, 2.05) is 0 Å². The highest BCUT2D eigenvalue weighted by atomic mass is 19.4. The summed E-state index contributed by atoms with van der Waals surface area (Å²) in [5.41, 5.74) is 0.427. The number of unbranched alkanes of at least 4 members (excludes halogenated alkanes) is 1. The van der Waals surface area contributed by atoms with Crippen molar-refractivity contribution < 1.29 is 36.7 Å². The van der Waals surface area contributed by atoms with E-state index >= 15 is 0 Å². The van der Waals surface area contributed by atoms with Crippen molar-refractivity contribution in [2.45, 2.75) is 57.4 Å². The van der Waals surface area contributed by atoms with Crippen molar-refractivity contribution in [3.05, 3.63) is 64.8 Å². The van der Waals surface area contributed by atoms with E-state index in [-0.39, 0.29) is 30.2 Å². The molecule has 1 N–H and O–H groups in total. The first-order chi connectivity index (χ1) is 17.8. The number of piperidine rings is 1. The SMILES string of the molecule is CCC1=C(/C=C\COCCCCN2CCC(c3noc4cc(F)ccc34)CC2)C(C(F)(F)F)=CC(O)O1. The third-order valence-corrected chi connectivity index (χ3v) is 6.74. The van der Waals surface area contributed by atoms with Crippen LogP contribution in [0.4, 0.5) is 17.6 Å². The van der Waals surface area contributed by atoms with E-state index in [4.69, 9.17) is 14.0 Å². The topological polar surface area (TPSA) is 68.0 Å². The number of ether oxygens (including phenoxy) is 2. The van der Waals surface area contributed by atoms with Crippen molar-refractivity contribution in [2.75, 3.05) is 32.8 Å². The number of allylic oxidation sites excluding steroid dienone is 4. The lowest BCUT2D eigenvalue weighted by molar-refractivity contribution is -0.0982. The van der Waals surface area contributed by atoms with Crippen LogP contribution in [0.3, 0.4) is 0 Å². The van der Waals surface area contributed by atoms with Gasteiger partial charge >= 0.3 is 6.18 Å². The first kappa shape index (κ1) is 27.3. The highest BCUT2D eigenvalue weighted by Crippen LogP contribution is 2.38. The smallest absolute Gasteiger partial charge is 0.417 e. The van der Waals surface area contributed by atoms with E-state index in [1.165, 1.54) is 18.2 Å². The zero-order valence-electron chi connectivity index (χ0n) is 20.8. The molecule has 0 spiro atoms. The Kier molecular flexibility index (Phi) is 9.04. The molecule has 2 aliphatic rings. The molecule has 1 saturated heterocycles. The number of nitrogens with zero attached hydrogens (tertiary/aromatic N) is 2. The molecular weight excluding hydrogens is 492 g/mol. The Morgan fingerprint density at radius 1 is 1.22 bits per heavy atom. The highest BCUT2D eigenvalue weighted by molar-refractivity contribution is 5.79. The standard InChI is InChI=1S/C27H32F4N2O4/c1-2-23-20(22(27(29,30)31)17-25(34)36-23)6-5-15-35-14-4-3-11-33-12-9-18(10-13-33)26-21-8-7-19(28)16-24(21)37-32-26/h5-8,16-18,25,34H,2-4,9-15H2,1H3/b6-5-. The van der Waals surface area contributed by atoms with Crippen LogP contribution in [0.15, 0.2) is 57.9 Å². The van der Waals surface area contributed by atoms with Gasteiger partial charge in [0.05, 0.1) is 17.9 Å². The minimum Gasteiger partial charge on any atom is -0.465 e. The van der Waals surface area contributed by atoms with Gasteiger partial charge in [0.25, 0.3) is 0 Å². The van der Waals surface area contributed by atoms with Gasteiger partial charge < -0.3 is 24.0 Å². The molecule has 1 aromatic heterocycles. The maximum Gasteiger partial charge on any atom is 0.417 e. The van der Waals surface area contributed by atoms with Crippen LogP contribution in [0.5, 0.6) is 0 Å². The highest BCUT2D eigenvalue weighted by Gasteiger charge is 2.39. The Bertz CT molecular complexity index is 1150. The molecule has 202 valence electrons. The monoisotopic (exact) mass is 524 g/mol. The molecule has 2 aliphatic heterocycles. The minimum atomic E-state index is -4.58. The second-order valence-corrected chi connectivity index (χ2v) is 9.29. The van der Waals surface area contributed by atoms with Gasteiger partial charge in [-0.2, -0.15) is 13.2 Å². The molecule has 1 atom stereocenters. The first-order valence-corrected chi connectivity index (χ1v) is 12.6. The van der Waals surface area contributed by atoms with Crippen molar-refractivity contribution in [3.63, 3.8) is 0 Å². The van der Waals surface area contributed by atoms with Crippen LogP contribution in [-0.4, -0.2) is 60.5 Å². The molecular formula is C27H32F4N2O4. The summed E-state index contributed by atoms with van der Waals surface area (Å²) in [6.45, 7) is 5.22. The molecule has 10 heteroatoms. The summed E-state index contributed by atoms with van der Waals surface area (Å²) >= 11 is 0. The lowest BCUT2D eigenvalue weighted by Gasteiger charge is -2.31. The third-order valence-electron chi connectivity index (χ3n) is 6.74. The van der Waals surface area contributed by atoms with Crippen molar-refractivity contribution in [3.8, 4) is 0 Å². The molecule has 0 radical (unpaired) electrons. The molecule has 0 bridgehead atoms. The number of halogens is 4. The summed E-state index contributed by atoms with van der Waals surface area (Å²) in [6, 6.07) is 4.53. The number of aromatic nitrogens is 1. The maximum atomic E-state index is 13.4. The van der Waals surface area contributed by atoms with Crippen LogP contribution in [0.2, 0.25) is 0 Å². The van der Waals surface area contributed by atoms with Gasteiger partial charge in [-0.15, -0.1) is 0 Å². The lowest BCUT2D eigenvalue weighted by atomic mass is 9.91. The second-order valence-electron chi connectivity index (χ2n) is 9.29. The Morgan fingerprint density at radius 3 is 2.73 bits per heavy atom. The zero-order valence-corrected chi connectivity index (χ0v) is 20.8.